The third-order valence-corrected chi connectivity index (χ3v) is 6.93. The van der Waals surface area contributed by atoms with E-state index in [9.17, 15) is 4.79 Å². The predicted octanol–water partition coefficient (Wildman–Crippen LogP) is 4.38. The average molecular weight is 422 g/mol. The molecular formula is C24H27N3O2S. The molecule has 1 amide bonds. The number of aryl methyl sites for hydroxylation is 1. The first kappa shape index (κ1) is 19.4. The van der Waals surface area contributed by atoms with E-state index in [0.717, 1.165) is 57.0 Å². The van der Waals surface area contributed by atoms with Gasteiger partial charge in [-0.3, -0.25) is 9.69 Å². The van der Waals surface area contributed by atoms with Gasteiger partial charge in [0.2, 0.25) is 5.91 Å². The van der Waals surface area contributed by atoms with Crippen molar-refractivity contribution in [2.75, 3.05) is 49.5 Å². The summed E-state index contributed by atoms with van der Waals surface area (Å²) in [6.45, 7) is 6.07. The number of ether oxygens (including phenoxy) is 1. The topological polar surface area (TPSA) is 44.8 Å². The van der Waals surface area contributed by atoms with Gasteiger partial charge in [-0.15, -0.1) is 11.3 Å². The highest BCUT2D eigenvalue weighted by Gasteiger charge is 2.19. The lowest BCUT2D eigenvalue weighted by molar-refractivity contribution is -0.116. The molecule has 0 aliphatic carbocycles. The Morgan fingerprint density at radius 1 is 1.03 bits per heavy atom. The Bertz CT molecular complexity index is 1040. The van der Waals surface area contributed by atoms with Crippen LogP contribution >= 0.6 is 11.3 Å². The van der Waals surface area contributed by atoms with E-state index in [1.807, 2.05) is 23.5 Å². The highest BCUT2D eigenvalue weighted by atomic mass is 32.1. The Hall–Kier alpha value is -2.57. The van der Waals surface area contributed by atoms with Crippen LogP contribution in [0.5, 0.6) is 5.75 Å². The van der Waals surface area contributed by atoms with Crippen LogP contribution in [0, 0.1) is 0 Å². The van der Waals surface area contributed by atoms with Gasteiger partial charge in [-0.05, 0) is 48.1 Å². The van der Waals surface area contributed by atoms with Crippen LogP contribution in [0.15, 0.2) is 47.8 Å². The first-order valence-electron chi connectivity index (χ1n) is 10.8. The number of fused-ring (bicyclic) bond motifs is 2. The molecule has 2 aliphatic heterocycles. The van der Waals surface area contributed by atoms with Crippen LogP contribution in [0.1, 0.15) is 18.4 Å². The number of hydrogen-bond donors (Lipinski definition) is 1. The summed E-state index contributed by atoms with van der Waals surface area (Å²) in [5, 5.41) is 6.50. The molecule has 1 fully saturated rings. The van der Waals surface area contributed by atoms with Gasteiger partial charge in [0.25, 0.3) is 0 Å². The zero-order valence-electron chi connectivity index (χ0n) is 17.1. The summed E-state index contributed by atoms with van der Waals surface area (Å²) >= 11 is 1.81. The molecule has 1 aromatic heterocycles. The van der Waals surface area contributed by atoms with E-state index >= 15 is 0 Å². The van der Waals surface area contributed by atoms with Crippen molar-refractivity contribution in [3.8, 4) is 5.75 Å². The molecule has 1 saturated heterocycles. The van der Waals surface area contributed by atoms with Crippen LogP contribution in [-0.4, -0.2) is 50.1 Å². The van der Waals surface area contributed by atoms with Crippen molar-refractivity contribution in [1.29, 1.82) is 0 Å². The molecule has 2 aromatic carbocycles. The number of hydrogen-bond acceptors (Lipinski definition) is 5. The van der Waals surface area contributed by atoms with Gasteiger partial charge in [0, 0.05) is 66.7 Å². The number of carbonyl (C=O) groups is 1. The zero-order chi connectivity index (χ0) is 20.3. The van der Waals surface area contributed by atoms with Gasteiger partial charge >= 0.3 is 0 Å². The molecule has 3 aromatic rings. The van der Waals surface area contributed by atoms with Crippen LogP contribution in [0.25, 0.3) is 10.1 Å². The zero-order valence-corrected chi connectivity index (χ0v) is 17.9. The van der Waals surface area contributed by atoms with Crippen molar-refractivity contribution in [3.05, 3.63) is 53.4 Å². The van der Waals surface area contributed by atoms with Crippen molar-refractivity contribution < 1.29 is 9.53 Å². The standard InChI is InChI=1S/C24H27N3O2S/c28-24-8-6-18-5-7-19(17-21(18)25-24)29-15-2-10-26-11-13-27(14-12-26)22-3-1-4-23-20(22)9-16-30-23/h1,3-5,7,9,16-17H,2,6,8,10-15H2,(H,25,28). The second-order valence-corrected chi connectivity index (χ2v) is 8.96. The number of nitrogens with one attached hydrogen (secondary N) is 1. The quantitative estimate of drug-likeness (QED) is 0.600. The lowest BCUT2D eigenvalue weighted by Crippen LogP contribution is -2.46. The van der Waals surface area contributed by atoms with Gasteiger partial charge in [0.05, 0.1) is 6.61 Å². The number of anilines is 2. The third-order valence-electron chi connectivity index (χ3n) is 6.05. The fourth-order valence-electron chi connectivity index (χ4n) is 4.39. The third kappa shape index (κ3) is 4.16. The molecule has 3 heterocycles. The van der Waals surface area contributed by atoms with E-state index in [4.69, 9.17) is 4.74 Å². The summed E-state index contributed by atoms with van der Waals surface area (Å²) in [4.78, 5) is 16.6. The van der Waals surface area contributed by atoms with Gasteiger partial charge < -0.3 is 15.0 Å². The molecule has 5 nitrogen and oxygen atoms in total. The Labute approximate surface area is 181 Å². The molecule has 156 valence electrons. The number of benzene rings is 2. The average Bonchev–Trinajstić information content (AvgIpc) is 3.26. The van der Waals surface area contributed by atoms with E-state index in [1.165, 1.54) is 21.3 Å². The van der Waals surface area contributed by atoms with Gasteiger partial charge in [-0.2, -0.15) is 0 Å². The monoisotopic (exact) mass is 421 g/mol. The number of thiophene rings is 1. The second kappa shape index (κ2) is 8.66. The fourth-order valence-corrected chi connectivity index (χ4v) is 5.19. The summed E-state index contributed by atoms with van der Waals surface area (Å²) in [7, 11) is 0. The van der Waals surface area contributed by atoms with Gasteiger partial charge in [0.1, 0.15) is 5.75 Å². The number of nitrogens with zero attached hydrogens (tertiary/aromatic N) is 2. The summed E-state index contributed by atoms with van der Waals surface area (Å²) < 4.78 is 7.31. The minimum absolute atomic E-state index is 0.0917. The van der Waals surface area contributed by atoms with Crippen LogP contribution < -0.4 is 15.0 Å². The molecule has 0 unspecified atom stereocenters. The van der Waals surface area contributed by atoms with Crippen molar-refractivity contribution >= 4 is 38.7 Å². The lowest BCUT2D eigenvalue weighted by Gasteiger charge is -2.36. The molecule has 2 aliphatic rings. The number of rotatable bonds is 6. The smallest absolute Gasteiger partial charge is 0.224 e. The summed E-state index contributed by atoms with van der Waals surface area (Å²) in [6, 6.07) is 14.9. The maximum Gasteiger partial charge on any atom is 0.224 e. The van der Waals surface area contributed by atoms with Crippen molar-refractivity contribution in [3.63, 3.8) is 0 Å². The van der Waals surface area contributed by atoms with Crippen molar-refractivity contribution in [1.82, 2.24) is 4.90 Å². The van der Waals surface area contributed by atoms with Crippen LogP contribution in [0.3, 0.4) is 0 Å². The minimum Gasteiger partial charge on any atom is -0.493 e. The molecular weight excluding hydrogens is 394 g/mol. The molecule has 0 spiro atoms. The Morgan fingerprint density at radius 2 is 1.93 bits per heavy atom. The Kier molecular flexibility index (Phi) is 5.60. The second-order valence-electron chi connectivity index (χ2n) is 8.01. The summed E-state index contributed by atoms with van der Waals surface area (Å²) in [5.74, 6) is 0.929. The van der Waals surface area contributed by atoms with Crippen molar-refractivity contribution in [2.45, 2.75) is 19.3 Å². The molecule has 5 rings (SSSR count). The van der Waals surface area contributed by atoms with E-state index in [-0.39, 0.29) is 5.91 Å². The van der Waals surface area contributed by atoms with E-state index in [1.54, 1.807) is 0 Å². The van der Waals surface area contributed by atoms with E-state index in [0.29, 0.717) is 13.0 Å². The van der Waals surface area contributed by atoms with E-state index < -0.39 is 0 Å². The van der Waals surface area contributed by atoms with Gasteiger partial charge in [-0.1, -0.05) is 12.1 Å². The van der Waals surface area contributed by atoms with Crippen LogP contribution in [0.2, 0.25) is 0 Å². The van der Waals surface area contributed by atoms with Gasteiger partial charge in [-0.25, -0.2) is 0 Å². The first-order valence-corrected chi connectivity index (χ1v) is 11.6. The maximum atomic E-state index is 11.6. The normalized spacial score (nSPS) is 17.1. The minimum atomic E-state index is 0.0917. The molecule has 0 saturated carbocycles. The highest BCUT2D eigenvalue weighted by molar-refractivity contribution is 7.17. The van der Waals surface area contributed by atoms with Gasteiger partial charge in [0.15, 0.2) is 0 Å². The number of carbonyl (C=O) groups excluding carboxylic acids is 1. The largest absolute Gasteiger partial charge is 0.493 e. The molecule has 30 heavy (non-hydrogen) atoms. The highest BCUT2D eigenvalue weighted by Crippen LogP contribution is 2.31. The van der Waals surface area contributed by atoms with Crippen LogP contribution in [-0.2, 0) is 11.2 Å². The SMILES string of the molecule is O=C1CCc2ccc(OCCCN3CCN(c4cccc5sccc45)CC3)cc2N1. The molecule has 1 N–H and O–H groups in total. The molecule has 6 heteroatoms. The molecule has 0 atom stereocenters. The maximum absolute atomic E-state index is 11.6. The van der Waals surface area contributed by atoms with Crippen LogP contribution in [0.4, 0.5) is 11.4 Å². The molecule has 0 bridgehead atoms. The predicted molar refractivity (Wildman–Crippen MR) is 124 cm³/mol. The fraction of sp³-hybridized carbons (Fsp3) is 0.375. The summed E-state index contributed by atoms with van der Waals surface area (Å²) in [5.41, 5.74) is 3.47. The van der Waals surface area contributed by atoms with E-state index in [2.05, 4.69) is 50.8 Å². The Balaban J connectivity index is 1.08. The first-order chi connectivity index (χ1) is 14.8. The number of piperazine rings is 1. The van der Waals surface area contributed by atoms with Crippen molar-refractivity contribution in [2.24, 2.45) is 0 Å². The lowest BCUT2D eigenvalue weighted by atomic mass is 10.0. The summed E-state index contributed by atoms with van der Waals surface area (Å²) in [6.07, 6.45) is 2.39. The Morgan fingerprint density at radius 3 is 2.83 bits per heavy atom. The molecule has 0 radical (unpaired) electrons. The number of amides is 1.